The van der Waals surface area contributed by atoms with E-state index in [9.17, 15) is 8.42 Å². The zero-order valence-electron chi connectivity index (χ0n) is 19.8. The normalized spacial score (nSPS) is 14.2. The van der Waals surface area contributed by atoms with Crippen LogP contribution >= 0.6 is 0 Å². The highest BCUT2D eigenvalue weighted by Crippen LogP contribution is 2.27. The van der Waals surface area contributed by atoms with E-state index >= 15 is 0 Å². The van der Waals surface area contributed by atoms with Gasteiger partial charge in [-0.3, -0.25) is 0 Å². The van der Waals surface area contributed by atoms with E-state index in [0.717, 1.165) is 29.9 Å². The van der Waals surface area contributed by atoms with E-state index in [4.69, 9.17) is 4.18 Å². The summed E-state index contributed by atoms with van der Waals surface area (Å²) < 4.78 is 31.1. The van der Waals surface area contributed by atoms with Gasteiger partial charge in [-0.1, -0.05) is 12.8 Å². The lowest BCUT2D eigenvalue weighted by Crippen LogP contribution is -2.14. The van der Waals surface area contributed by atoms with Gasteiger partial charge in [0, 0.05) is 43.3 Å². The molecule has 35 heavy (non-hydrogen) atoms. The Balaban J connectivity index is 1.28. The number of fused-ring (bicyclic) bond motifs is 1. The lowest BCUT2D eigenvalue weighted by molar-refractivity contribution is 0.486. The van der Waals surface area contributed by atoms with Gasteiger partial charge in [0.2, 0.25) is 5.95 Å². The Kier molecular flexibility index (Phi) is 6.25. The number of rotatable bonds is 8. The van der Waals surface area contributed by atoms with Crippen LogP contribution in [-0.4, -0.2) is 38.5 Å². The largest absolute Gasteiger partial charge is 0.382 e. The zero-order valence-corrected chi connectivity index (χ0v) is 20.6. The molecule has 0 unspecified atom stereocenters. The van der Waals surface area contributed by atoms with E-state index in [1.54, 1.807) is 42.5 Å². The van der Waals surface area contributed by atoms with Gasteiger partial charge in [-0.05, 0) is 73.5 Å². The zero-order chi connectivity index (χ0) is 24.4. The lowest BCUT2D eigenvalue weighted by Gasteiger charge is -2.14. The molecule has 0 radical (unpaired) electrons. The second kappa shape index (κ2) is 9.50. The number of aromatic amines is 1. The number of hydrogen-bond acceptors (Lipinski definition) is 7. The number of hydrogen-bond donors (Lipinski definition) is 3. The van der Waals surface area contributed by atoms with E-state index in [0.29, 0.717) is 23.0 Å². The summed E-state index contributed by atoms with van der Waals surface area (Å²) >= 11 is 0. The van der Waals surface area contributed by atoms with Gasteiger partial charge in [-0.25, -0.2) is 4.98 Å². The molecule has 3 aromatic carbocycles. The van der Waals surface area contributed by atoms with Gasteiger partial charge in [-0.2, -0.15) is 8.42 Å². The minimum atomic E-state index is -3.96. The summed E-state index contributed by atoms with van der Waals surface area (Å²) in [6.07, 6.45) is 4.78. The number of aromatic nitrogens is 2. The highest BCUT2D eigenvalue weighted by atomic mass is 32.2. The maximum atomic E-state index is 12.8. The third kappa shape index (κ3) is 5.35. The first-order valence-electron chi connectivity index (χ1n) is 11.7. The van der Waals surface area contributed by atoms with Gasteiger partial charge in [0.05, 0.1) is 11.0 Å². The van der Waals surface area contributed by atoms with E-state index in [1.165, 1.54) is 12.8 Å². The van der Waals surface area contributed by atoms with Crippen LogP contribution < -0.4 is 19.7 Å². The van der Waals surface area contributed by atoms with Crippen LogP contribution in [0.15, 0.2) is 71.6 Å². The average molecular weight is 492 g/mol. The monoisotopic (exact) mass is 491 g/mol. The summed E-state index contributed by atoms with van der Waals surface area (Å²) in [6.45, 7) is 0. The molecule has 4 aromatic rings. The van der Waals surface area contributed by atoms with Gasteiger partial charge >= 0.3 is 10.1 Å². The fraction of sp³-hybridized carbons (Fsp3) is 0.269. The molecule has 0 amide bonds. The van der Waals surface area contributed by atoms with Crippen LogP contribution in [0.25, 0.3) is 11.0 Å². The molecular weight excluding hydrogens is 462 g/mol. The molecule has 3 N–H and O–H groups in total. The molecule has 1 aliphatic rings. The molecule has 0 saturated heterocycles. The highest BCUT2D eigenvalue weighted by Gasteiger charge is 2.19. The van der Waals surface area contributed by atoms with Crippen molar-refractivity contribution in [1.29, 1.82) is 0 Å². The summed E-state index contributed by atoms with van der Waals surface area (Å²) in [6, 6.07) is 20.1. The van der Waals surface area contributed by atoms with Crippen molar-refractivity contribution < 1.29 is 12.6 Å². The molecule has 182 valence electrons. The number of nitrogens with one attached hydrogen (secondary N) is 3. The molecule has 9 heteroatoms. The Morgan fingerprint density at radius 3 is 2.31 bits per heavy atom. The molecule has 1 saturated carbocycles. The highest BCUT2D eigenvalue weighted by molar-refractivity contribution is 7.87. The summed E-state index contributed by atoms with van der Waals surface area (Å²) in [7, 11) is 0.0216. The molecule has 0 bridgehead atoms. The van der Waals surface area contributed by atoms with Crippen LogP contribution in [0.2, 0.25) is 0 Å². The SMILES string of the molecule is CN(C)c1ccc(Nc2nc3ccc(OS(=O)(=O)c4ccc(NC5CCCC5)cc4)cc3[nH]2)cc1. The average Bonchev–Trinajstić information content (AvgIpc) is 3.48. The fourth-order valence-corrected chi connectivity index (χ4v) is 5.20. The predicted molar refractivity (Wildman–Crippen MR) is 140 cm³/mol. The quantitative estimate of drug-likeness (QED) is 0.280. The van der Waals surface area contributed by atoms with Crippen LogP contribution in [0.1, 0.15) is 25.7 Å². The number of H-pyrrole nitrogens is 1. The number of imidazole rings is 1. The summed E-state index contributed by atoms with van der Waals surface area (Å²) in [5, 5.41) is 6.70. The fourth-order valence-electron chi connectivity index (χ4n) is 4.28. The first-order valence-corrected chi connectivity index (χ1v) is 13.1. The molecule has 1 aliphatic carbocycles. The second-order valence-corrected chi connectivity index (χ2v) is 10.6. The molecule has 8 nitrogen and oxygen atoms in total. The molecule has 0 atom stereocenters. The molecule has 1 fully saturated rings. The Morgan fingerprint density at radius 2 is 1.63 bits per heavy atom. The van der Waals surface area contributed by atoms with E-state index in [2.05, 4.69) is 20.6 Å². The van der Waals surface area contributed by atoms with Crippen molar-refractivity contribution in [1.82, 2.24) is 9.97 Å². The van der Waals surface area contributed by atoms with Crippen LogP contribution in [-0.2, 0) is 10.1 Å². The molecule has 1 heterocycles. The third-order valence-corrected chi connectivity index (χ3v) is 7.44. The topological polar surface area (TPSA) is 99.3 Å². The van der Waals surface area contributed by atoms with Crippen LogP contribution in [0, 0.1) is 0 Å². The minimum absolute atomic E-state index is 0.114. The smallest absolute Gasteiger partial charge is 0.339 e. The summed E-state index contributed by atoms with van der Waals surface area (Å²) in [4.78, 5) is 9.84. The number of anilines is 4. The Hall–Kier alpha value is -3.72. The van der Waals surface area contributed by atoms with E-state index < -0.39 is 10.1 Å². The van der Waals surface area contributed by atoms with Crippen LogP contribution in [0.5, 0.6) is 5.75 Å². The maximum Gasteiger partial charge on any atom is 0.339 e. The maximum absolute atomic E-state index is 12.8. The van der Waals surface area contributed by atoms with Gasteiger partial charge in [0.25, 0.3) is 0 Å². The number of benzene rings is 3. The standard InChI is InChI=1S/C26H29N5O3S/c1-31(2)21-11-7-20(8-12-21)28-26-29-24-16-13-22(17-25(24)30-26)34-35(32,33)23-14-9-19(10-15-23)27-18-5-3-4-6-18/h7-18,27H,3-6H2,1-2H3,(H2,28,29,30). The van der Waals surface area contributed by atoms with Crippen LogP contribution in [0.4, 0.5) is 23.0 Å². The van der Waals surface area contributed by atoms with Gasteiger partial charge < -0.3 is 24.7 Å². The molecule has 0 spiro atoms. The van der Waals surface area contributed by atoms with Crippen molar-refractivity contribution >= 4 is 44.2 Å². The van der Waals surface area contributed by atoms with E-state index in [1.807, 2.05) is 43.3 Å². The van der Waals surface area contributed by atoms with Crippen LogP contribution in [0.3, 0.4) is 0 Å². The van der Waals surface area contributed by atoms with Crippen molar-refractivity contribution in [3.8, 4) is 5.75 Å². The van der Waals surface area contributed by atoms with Gasteiger partial charge in [0.1, 0.15) is 10.6 Å². The summed E-state index contributed by atoms with van der Waals surface area (Å²) in [5.74, 6) is 0.777. The Morgan fingerprint density at radius 1 is 0.943 bits per heavy atom. The Bertz CT molecular complexity index is 1410. The first-order chi connectivity index (χ1) is 16.9. The predicted octanol–water partition coefficient (Wildman–Crippen LogP) is 5.49. The first kappa shape index (κ1) is 23.0. The third-order valence-electron chi connectivity index (χ3n) is 6.17. The van der Waals surface area contributed by atoms with Crippen molar-refractivity contribution in [2.75, 3.05) is 29.6 Å². The Labute approximate surface area is 205 Å². The van der Waals surface area contributed by atoms with Crippen molar-refractivity contribution in [3.05, 3.63) is 66.7 Å². The molecule has 5 rings (SSSR count). The van der Waals surface area contributed by atoms with E-state index in [-0.39, 0.29) is 10.6 Å². The van der Waals surface area contributed by atoms with Crippen molar-refractivity contribution in [2.24, 2.45) is 0 Å². The number of nitrogens with zero attached hydrogens (tertiary/aromatic N) is 2. The van der Waals surface area contributed by atoms with Crippen molar-refractivity contribution in [3.63, 3.8) is 0 Å². The molecule has 1 aromatic heterocycles. The lowest BCUT2D eigenvalue weighted by atomic mass is 10.2. The van der Waals surface area contributed by atoms with Gasteiger partial charge in [-0.15, -0.1) is 0 Å². The second-order valence-electron chi connectivity index (χ2n) is 9.02. The van der Waals surface area contributed by atoms with Gasteiger partial charge in [0.15, 0.2) is 0 Å². The minimum Gasteiger partial charge on any atom is -0.382 e. The van der Waals surface area contributed by atoms with Crippen molar-refractivity contribution in [2.45, 2.75) is 36.6 Å². The summed E-state index contributed by atoms with van der Waals surface area (Å²) in [5.41, 5.74) is 4.28. The molecular formula is C26H29N5O3S. The molecule has 0 aliphatic heterocycles.